The molecule has 40 heavy (non-hydrogen) atoms. The zero-order valence-electron chi connectivity index (χ0n) is 23.4. The molecule has 5 nitrogen and oxygen atoms in total. The molecule has 0 amide bonds. The van der Waals surface area contributed by atoms with Crippen LogP contribution in [0.5, 0.6) is 0 Å². The van der Waals surface area contributed by atoms with Crippen molar-refractivity contribution in [1.29, 1.82) is 0 Å². The minimum atomic E-state index is -1.20. The summed E-state index contributed by atoms with van der Waals surface area (Å²) >= 11 is 0. The molecule has 3 atom stereocenters. The van der Waals surface area contributed by atoms with Crippen LogP contribution in [0.1, 0.15) is 59.9 Å². The van der Waals surface area contributed by atoms with Gasteiger partial charge in [-0.1, -0.05) is 123 Å². The molecule has 0 saturated carbocycles. The van der Waals surface area contributed by atoms with Gasteiger partial charge in [-0.05, 0) is 41.7 Å². The number of hydrogen-bond donors (Lipinski definition) is 0. The molecular formula is C35H37NO4. The Morgan fingerprint density at radius 1 is 0.675 bits per heavy atom. The van der Waals surface area contributed by atoms with Gasteiger partial charge >= 0.3 is 11.9 Å². The van der Waals surface area contributed by atoms with Crippen LogP contribution in [0.25, 0.3) is 0 Å². The second-order valence-electron chi connectivity index (χ2n) is 10.3. The van der Waals surface area contributed by atoms with E-state index in [1.54, 1.807) is 24.3 Å². The first-order valence-electron chi connectivity index (χ1n) is 13.8. The third-order valence-corrected chi connectivity index (χ3v) is 6.81. The molecule has 0 fully saturated rings. The van der Waals surface area contributed by atoms with E-state index in [0.29, 0.717) is 12.1 Å². The number of ether oxygens (including phenoxy) is 2. The molecule has 0 N–H and O–H groups in total. The summed E-state index contributed by atoms with van der Waals surface area (Å²) in [6.45, 7) is 6.82. The van der Waals surface area contributed by atoms with Gasteiger partial charge in [0.05, 0.1) is 18.2 Å². The highest BCUT2D eigenvalue weighted by Gasteiger charge is 2.41. The molecule has 5 heteroatoms. The van der Waals surface area contributed by atoms with Crippen LogP contribution in [0.4, 0.5) is 0 Å². The molecule has 0 radical (unpaired) electrons. The molecule has 0 aliphatic carbocycles. The lowest BCUT2D eigenvalue weighted by Gasteiger charge is -2.40. The van der Waals surface area contributed by atoms with Crippen molar-refractivity contribution < 1.29 is 19.1 Å². The highest BCUT2D eigenvalue weighted by Crippen LogP contribution is 2.36. The van der Waals surface area contributed by atoms with E-state index in [4.69, 9.17) is 9.47 Å². The Hall–Kier alpha value is -4.22. The smallest absolute Gasteiger partial charge is 0.349 e. The van der Waals surface area contributed by atoms with Crippen LogP contribution in [0, 0.1) is 5.92 Å². The molecule has 0 aliphatic heterocycles. The maximum absolute atomic E-state index is 13.8. The molecule has 1 unspecified atom stereocenters. The van der Waals surface area contributed by atoms with Gasteiger partial charge in [0.2, 0.25) is 6.10 Å². The largest absolute Gasteiger partial charge is 0.463 e. The molecule has 0 saturated heterocycles. The average Bonchev–Trinajstić information content (AvgIpc) is 3.00. The lowest BCUT2D eigenvalue weighted by Crippen LogP contribution is -2.45. The fourth-order valence-corrected chi connectivity index (χ4v) is 4.71. The summed E-state index contributed by atoms with van der Waals surface area (Å²) in [5.41, 5.74) is 3.40. The van der Waals surface area contributed by atoms with Gasteiger partial charge < -0.3 is 9.47 Å². The molecule has 4 rings (SSSR count). The van der Waals surface area contributed by atoms with E-state index >= 15 is 0 Å². The zero-order valence-corrected chi connectivity index (χ0v) is 23.4. The summed E-state index contributed by atoms with van der Waals surface area (Å²) < 4.78 is 11.8. The Balaban J connectivity index is 1.83. The number of hydrogen-bond acceptors (Lipinski definition) is 5. The number of rotatable bonds is 12. The van der Waals surface area contributed by atoms with Crippen LogP contribution in [0.15, 0.2) is 121 Å². The van der Waals surface area contributed by atoms with Crippen molar-refractivity contribution in [3.05, 3.63) is 144 Å². The molecule has 0 heterocycles. The Morgan fingerprint density at radius 3 is 1.73 bits per heavy atom. The summed E-state index contributed by atoms with van der Waals surface area (Å²) in [6, 6.07) is 38.0. The first-order chi connectivity index (χ1) is 19.4. The van der Waals surface area contributed by atoms with Gasteiger partial charge in [-0.25, -0.2) is 9.59 Å². The number of carbonyl (C=O) groups excluding carboxylic acids is 2. The zero-order chi connectivity index (χ0) is 28.3. The minimum Gasteiger partial charge on any atom is -0.463 e. The van der Waals surface area contributed by atoms with Crippen LogP contribution >= 0.6 is 0 Å². The van der Waals surface area contributed by atoms with Crippen molar-refractivity contribution in [1.82, 2.24) is 4.90 Å². The molecule has 206 valence electrons. The maximum atomic E-state index is 13.8. The van der Waals surface area contributed by atoms with Crippen LogP contribution < -0.4 is 0 Å². The van der Waals surface area contributed by atoms with Crippen molar-refractivity contribution in [3.8, 4) is 0 Å². The van der Waals surface area contributed by atoms with Gasteiger partial charge in [0, 0.05) is 12.6 Å². The number of carbonyl (C=O) groups is 2. The summed E-state index contributed by atoms with van der Waals surface area (Å²) in [5.74, 6) is -1.00. The fourth-order valence-electron chi connectivity index (χ4n) is 4.71. The standard InChI is InChI=1S/C35H37NO4/c1-26(2)25-39-35(38)33(40-34(37)31-22-14-7-15-23-31)32(30-20-12-6-13-21-30)36(24-28-16-8-4-9-17-28)27(3)29-18-10-5-11-19-29/h4-23,26-27,32-33H,24-25H2,1-3H3/t27-,32?,33+/m0/s1. The third kappa shape index (κ3) is 7.67. The number of nitrogens with zero attached hydrogens (tertiary/aromatic N) is 1. The maximum Gasteiger partial charge on any atom is 0.349 e. The van der Waals surface area contributed by atoms with Gasteiger partial charge in [-0.2, -0.15) is 0 Å². The number of benzene rings is 4. The van der Waals surface area contributed by atoms with Gasteiger partial charge in [-0.15, -0.1) is 0 Å². The van der Waals surface area contributed by atoms with Crippen molar-refractivity contribution >= 4 is 11.9 Å². The first kappa shape index (κ1) is 28.8. The summed E-state index contributed by atoms with van der Waals surface area (Å²) in [4.78, 5) is 29.4. The van der Waals surface area contributed by atoms with Crippen LogP contribution in [0.2, 0.25) is 0 Å². The normalized spacial score (nSPS) is 13.4. The van der Waals surface area contributed by atoms with Gasteiger partial charge in [0.15, 0.2) is 0 Å². The SMILES string of the molecule is CC(C)COC(=O)[C@H](OC(=O)c1ccccc1)C(c1ccccc1)N(Cc1ccccc1)[C@@H](C)c1ccccc1. The van der Waals surface area contributed by atoms with E-state index in [1.165, 1.54) is 0 Å². The highest BCUT2D eigenvalue weighted by atomic mass is 16.6. The first-order valence-corrected chi connectivity index (χ1v) is 13.8. The quantitative estimate of drug-likeness (QED) is 0.177. The van der Waals surface area contributed by atoms with Crippen LogP contribution in [-0.2, 0) is 20.8 Å². The minimum absolute atomic E-state index is 0.123. The molecule has 4 aromatic carbocycles. The molecular weight excluding hydrogens is 498 g/mol. The Bertz CT molecular complexity index is 1330. The molecule has 0 aliphatic rings. The van der Waals surface area contributed by atoms with Gasteiger partial charge in [0.1, 0.15) is 0 Å². The van der Waals surface area contributed by atoms with E-state index < -0.39 is 24.1 Å². The van der Waals surface area contributed by atoms with Gasteiger partial charge in [-0.3, -0.25) is 4.90 Å². The second kappa shape index (κ2) is 14.2. The van der Waals surface area contributed by atoms with Crippen molar-refractivity contribution in [2.45, 2.75) is 45.5 Å². The van der Waals surface area contributed by atoms with Crippen LogP contribution in [0.3, 0.4) is 0 Å². The lowest BCUT2D eigenvalue weighted by atomic mass is 9.94. The molecule has 4 aromatic rings. The van der Waals surface area contributed by atoms with E-state index in [2.05, 4.69) is 36.1 Å². The van der Waals surface area contributed by atoms with Crippen molar-refractivity contribution in [2.24, 2.45) is 5.92 Å². The van der Waals surface area contributed by atoms with Gasteiger partial charge in [0.25, 0.3) is 0 Å². The monoisotopic (exact) mass is 535 g/mol. The summed E-state index contributed by atoms with van der Waals surface area (Å²) in [7, 11) is 0. The van der Waals surface area contributed by atoms with E-state index in [1.807, 2.05) is 86.6 Å². The predicted octanol–water partition coefficient (Wildman–Crippen LogP) is 7.42. The van der Waals surface area contributed by atoms with Crippen molar-refractivity contribution in [2.75, 3.05) is 6.61 Å². The summed E-state index contributed by atoms with van der Waals surface area (Å²) in [5, 5.41) is 0. The Kier molecular flexibility index (Phi) is 10.3. The van der Waals surface area contributed by atoms with E-state index in [-0.39, 0.29) is 18.6 Å². The van der Waals surface area contributed by atoms with Crippen LogP contribution in [-0.4, -0.2) is 29.5 Å². The topological polar surface area (TPSA) is 55.8 Å². The molecule has 0 bridgehead atoms. The van der Waals surface area contributed by atoms with E-state index in [9.17, 15) is 9.59 Å². The van der Waals surface area contributed by atoms with Crippen molar-refractivity contribution in [3.63, 3.8) is 0 Å². The van der Waals surface area contributed by atoms with E-state index in [0.717, 1.165) is 16.7 Å². The molecule has 0 aromatic heterocycles. The second-order valence-corrected chi connectivity index (χ2v) is 10.3. The third-order valence-electron chi connectivity index (χ3n) is 6.81. The average molecular weight is 536 g/mol. The Morgan fingerprint density at radius 2 is 1.18 bits per heavy atom. The Labute approximate surface area is 237 Å². The fraction of sp³-hybridized carbons (Fsp3) is 0.257. The summed E-state index contributed by atoms with van der Waals surface area (Å²) in [6.07, 6.45) is -1.20. The lowest BCUT2D eigenvalue weighted by molar-refractivity contribution is -0.160. The number of esters is 2. The molecule has 0 spiro atoms. The highest BCUT2D eigenvalue weighted by molar-refractivity contribution is 5.91. The predicted molar refractivity (Wildman–Crippen MR) is 157 cm³/mol.